The van der Waals surface area contributed by atoms with Crippen LogP contribution < -0.4 is 10.6 Å². The van der Waals surface area contributed by atoms with Crippen LogP contribution in [0.25, 0.3) is 0 Å². The van der Waals surface area contributed by atoms with Gasteiger partial charge in [0, 0.05) is 29.1 Å². The molecule has 6 saturated carbocycles. The molecule has 6 aliphatic rings. The number of benzene rings is 4. The molecule has 4 aromatic rings. The van der Waals surface area contributed by atoms with Crippen LogP contribution in [0.3, 0.4) is 0 Å². The summed E-state index contributed by atoms with van der Waals surface area (Å²) in [5, 5.41) is 21.7. The van der Waals surface area contributed by atoms with Crippen LogP contribution >= 0.6 is 7.14 Å². The molecule has 10 rings (SSSR count). The molecule has 0 amide bonds. The topological polar surface area (TPSA) is 143 Å². The van der Waals surface area contributed by atoms with Gasteiger partial charge in [0.2, 0.25) is 0 Å². The Balaban J connectivity index is 0.000000163. The molecule has 8 nitrogen and oxygen atoms in total. The second-order valence-electron chi connectivity index (χ2n) is 25.2. The van der Waals surface area contributed by atoms with E-state index in [2.05, 4.69) is 53.0 Å². The summed E-state index contributed by atoms with van der Waals surface area (Å²) >= 11 is 0. The molecule has 0 aromatic heterocycles. The number of fused-ring (bicyclic) bond motifs is 2. The lowest BCUT2D eigenvalue weighted by molar-refractivity contribution is -0.130. The molecular formula is C70H91O8PS2. The average Bonchev–Trinajstić information content (AvgIpc) is 4.19. The molecule has 0 saturated heterocycles. The maximum atomic E-state index is 13.9. The van der Waals surface area contributed by atoms with Crippen molar-refractivity contribution in [2.45, 2.75) is 165 Å². The van der Waals surface area contributed by atoms with E-state index in [0.717, 1.165) is 98.8 Å². The van der Waals surface area contributed by atoms with Crippen molar-refractivity contribution in [1.82, 2.24) is 0 Å². The third-order valence-electron chi connectivity index (χ3n) is 20.1. The van der Waals surface area contributed by atoms with Crippen molar-refractivity contribution in [3.8, 4) is 0 Å². The number of carbonyl (C=O) groups is 1. The summed E-state index contributed by atoms with van der Waals surface area (Å²) in [6, 6.07) is 37.0. The van der Waals surface area contributed by atoms with Crippen molar-refractivity contribution in [2.24, 2.45) is 46.3 Å². The number of ketones is 1. The highest BCUT2D eigenvalue weighted by atomic mass is 32.2. The van der Waals surface area contributed by atoms with Crippen LogP contribution in [0.1, 0.15) is 143 Å². The average molecular weight is 1160 g/mol. The van der Waals surface area contributed by atoms with Gasteiger partial charge in [0.15, 0.2) is 19.7 Å². The molecule has 81 heavy (non-hydrogen) atoms. The maximum Gasteiger partial charge on any atom is 0.178 e. The van der Waals surface area contributed by atoms with E-state index in [-0.39, 0.29) is 40.5 Å². The number of Topliss-reactive ketones (excluding diaryl/α,β-unsaturated/α-hetero) is 1. The van der Waals surface area contributed by atoms with Crippen LogP contribution in [0.15, 0.2) is 190 Å². The quantitative estimate of drug-likeness (QED) is 0.112. The maximum absolute atomic E-state index is 13.9. The first-order valence-corrected chi connectivity index (χ1v) is 35.4. The van der Waals surface area contributed by atoms with Crippen molar-refractivity contribution in [1.29, 1.82) is 0 Å². The number of allylic oxidation sites excluding steroid dienone is 6. The third-order valence-corrected chi connectivity index (χ3v) is 26.5. The van der Waals surface area contributed by atoms with Crippen LogP contribution in [-0.4, -0.2) is 62.7 Å². The predicted octanol–water partition coefficient (Wildman–Crippen LogP) is 15.0. The Morgan fingerprint density at radius 3 is 1.48 bits per heavy atom. The Hall–Kier alpha value is -4.70. The number of carbonyl (C=O) groups excluding carboxylic acids is 1. The second-order valence-corrected chi connectivity index (χ2v) is 32.3. The fourth-order valence-corrected chi connectivity index (χ4v) is 20.7. The van der Waals surface area contributed by atoms with E-state index >= 15 is 0 Å². The lowest BCUT2D eigenvalue weighted by Gasteiger charge is -2.44. The molecule has 10 atom stereocenters. The number of rotatable bonds is 15. The first-order chi connectivity index (χ1) is 38.6. The van der Waals surface area contributed by atoms with Gasteiger partial charge in [-0.3, -0.25) is 4.79 Å². The van der Waals surface area contributed by atoms with E-state index in [9.17, 15) is 36.4 Å². The van der Waals surface area contributed by atoms with Gasteiger partial charge in [-0.25, -0.2) is 16.8 Å². The Labute approximate surface area is 486 Å². The van der Waals surface area contributed by atoms with Gasteiger partial charge >= 0.3 is 0 Å². The molecule has 0 heterocycles. The van der Waals surface area contributed by atoms with Gasteiger partial charge in [-0.2, -0.15) is 0 Å². The molecule has 11 heteroatoms. The Bertz CT molecular complexity index is 3130. The monoisotopic (exact) mass is 1150 g/mol. The fourth-order valence-electron chi connectivity index (χ4n) is 15.3. The van der Waals surface area contributed by atoms with E-state index in [1.807, 2.05) is 78.9 Å². The van der Waals surface area contributed by atoms with Crippen molar-refractivity contribution >= 4 is 43.2 Å². The van der Waals surface area contributed by atoms with Crippen molar-refractivity contribution in [2.75, 3.05) is 17.7 Å². The van der Waals surface area contributed by atoms with E-state index < -0.39 is 26.8 Å². The van der Waals surface area contributed by atoms with Crippen molar-refractivity contribution < 1.29 is 36.4 Å². The zero-order valence-electron chi connectivity index (χ0n) is 48.8. The summed E-state index contributed by atoms with van der Waals surface area (Å²) in [7, 11) is -9.17. The molecule has 0 radical (unpaired) electrons. The minimum absolute atomic E-state index is 0.0886. The highest BCUT2D eigenvalue weighted by molar-refractivity contribution is 7.91. The van der Waals surface area contributed by atoms with Crippen LogP contribution in [0, 0.1) is 46.3 Å². The molecule has 6 fully saturated rings. The Morgan fingerprint density at radius 1 is 0.568 bits per heavy atom. The summed E-state index contributed by atoms with van der Waals surface area (Å²) in [5.74, 6) is 3.43. The van der Waals surface area contributed by atoms with Crippen LogP contribution in [-0.2, 0) is 29.0 Å². The second kappa shape index (κ2) is 27.3. The minimum atomic E-state index is -3.22. The molecule has 0 bridgehead atoms. The van der Waals surface area contributed by atoms with Crippen LogP contribution in [0.4, 0.5) is 0 Å². The molecule has 2 N–H and O–H groups in total. The van der Waals surface area contributed by atoms with Gasteiger partial charge in [0.05, 0.1) is 33.5 Å². The lowest BCUT2D eigenvalue weighted by Crippen LogP contribution is -2.39. The third kappa shape index (κ3) is 15.0. The number of aliphatic hydroxyl groups is 2. The van der Waals surface area contributed by atoms with Crippen LogP contribution in [0.5, 0.6) is 0 Å². The van der Waals surface area contributed by atoms with Gasteiger partial charge in [-0.1, -0.05) is 173 Å². The van der Waals surface area contributed by atoms with Gasteiger partial charge in [0.1, 0.15) is 12.9 Å². The molecular weight excluding hydrogens is 1060 g/mol. The van der Waals surface area contributed by atoms with Gasteiger partial charge < -0.3 is 14.8 Å². The zero-order chi connectivity index (χ0) is 58.0. The van der Waals surface area contributed by atoms with E-state index in [0.29, 0.717) is 64.2 Å². The van der Waals surface area contributed by atoms with E-state index in [1.54, 1.807) is 54.1 Å². The molecule has 6 aliphatic carbocycles. The highest BCUT2D eigenvalue weighted by Gasteiger charge is 2.53. The summed E-state index contributed by atoms with van der Waals surface area (Å²) in [4.78, 5) is 13.1. The summed E-state index contributed by atoms with van der Waals surface area (Å²) in [5.41, 5.74) is 6.40. The minimum Gasteiger partial charge on any atom is -0.393 e. The van der Waals surface area contributed by atoms with Crippen molar-refractivity contribution in [3.05, 3.63) is 181 Å². The summed E-state index contributed by atoms with van der Waals surface area (Å²) < 4.78 is 64.6. The standard InChI is InChI=1S/C29H40O3S.C21H23O2P.C20H28O3S/c1-21-11-14-25(30)20-24(21)13-12-23-8-7-18-29(3)27(15-16-28(23)29)22(2)17-19-33(31,32)26-9-5-4-6-10-26;1-17-12-13-19(22)16-18(17)14-15-24(23,20-8-4-2-5-9-20)21-10-6-3-7-11-21;1-15(12-14-24(22,23)16-7-4-3-5-8-16)17-10-11-18-19(21)9-6-13-20(17,18)2/h4-6,9-10,12-13,22,25,27-28,30H,1,7-8,11,14-20H2,2-3H3;2-11,14,19,22H,1,12-13,15-16H2;3-5,7-8,15,17-18H,6,9-14H2,1-2H3/b23-12+,24-13-;18-14-;/t22?,25-,27?,28-,29+;19-;15?,17?,18-,20+/m000/s1. The van der Waals surface area contributed by atoms with Gasteiger partial charge in [-0.05, 0) is 185 Å². The normalized spacial score (nSPS) is 29.2. The summed E-state index contributed by atoms with van der Waals surface area (Å²) in [6.07, 6.45) is 23.5. The zero-order valence-corrected chi connectivity index (χ0v) is 51.3. The van der Waals surface area contributed by atoms with Crippen LogP contribution in [0.2, 0.25) is 0 Å². The molecule has 4 unspecified atom stereocenters. The largest absolute Gasteiger partial charge is 0.393 e. The Morgan fingerprint density at radius 2 is 0.988 bits per heavy atom. The fraction of sp³-hybridized carbons (Fsp3) is 0.500. The molecule has 4 aromatic carbocycles. The predicted molar refractivity (Wildman–Crippen MR) is 333 cm³/mol. The smallest absolute Gasteiger partial charge is 0.178 e. The first kappa shape index (κ1) is 62.3. The first-order valence-electron chi connectivity index (χ1n) is 30.2. The van der Waals surface area contributed by atoms with Gasteiger partial charge in [0.25, 0.3) is 0 Å². The van der Waals surface area contributed by atoms with E-state index in [4.69, 9.17) is 0 Å². The Kier molecular flexibility index (Phi) is 21.0. The highest BCUT2D eigenvalue weighted by Crippen LogP contribution is 2.60. The lowest BCUT2D eigenvalue weighted by atomic mass is 9.61. The summed E-state index contributed by atoms with van der Waals surface area (Å²) in [6.45, 7) is 17.5. The molecule has 0 spiro atoms. The molecule has 0 aliphatic heterocycles. The SMILES string of the molecule is C=C1CC[C@H](O)C/C1=C/C=C1\CCC[C@]2(C)C(C(C)CCS(=O)(=O)c3ccccc3)CC[C@@H]12.C=C1CC[C@H](O)C/C1=C/CP(=O)(c1ccccc1)c1ccccc1.CC(CCS(=O)(=O)c1ccccc1)C1CC[C@H]2C(=O)CCC[C@]12C. The number of aliphatic hydroxyl groups excluding tert-OH is 2. The van der Waals surface area contributed by atoms with Gasteiger partial charge in [-0.15, -0.1) is 0 Å². The number of hydrogen-bond donors (Lipinski definition) is 2. The molecule has 436 valence electrons. The van der Waals surface area contributed by atoms with E-state index in [1.165, 1.54) is 36.8 Å². The van der Waals surface area contributed by atoms with Crippen molar-refractivity contribution in [3.63, 3.8) is 0 Å². The number of sulfone groups is 2. The number of hydrogen-bond acceptors (Lipinski definition) is 8.